The first kappa shape index (κ1) is 19.0. The number of hydrogen-bond donors (Lipinski definition) is 1. The summed E-state index contributed by atoms with van der Waals surface area (Å²) in [7, 11) is 1.52. The van der Waals surface area contributed by atoms with Crippen LogP contribution in [0.15, 0.2) is 42.5 Å². The third kappa shape index (κ3) is 4.14. The fourth-order valence-electron chi connectivity index (χ4n) is 3.22. The summed E-state index contributed by atoms with van der Waals surface area (Å²) in [6.45, 7) is 0.375. The molecule has 0 bridgehead atoms. The van der Waals surface area contributed by atoms with Crippen LogP contribution in [0.2, 0.25) is 0 Å². The predicted molar refractivity (Wildman–Crippen MR) is 94.7 cm³/mol. The number of nitrogens with one attached hydrogen (secondary N) is 1. The smallest absolute Gasteiger partial charge is 0.247 e. The highest BCUT2D eigenvalue weighted by molar-refractivity contribution is 5.92. The number of rotatable bonds is 6. The van der Waals surface area contributed by atoms with Gasteiger partial charge in [0.2, 0.25) is 11.8 Å². The van der Waals surface area contributed by atoms with E-state index in [4.69, 9.17) is 4.74 Å². The molecule has 1 heterocycles. The molecule has 1 atom stereocenters. The lowest BCUT2D eigenvalue weighted by Gasteiger charge is -2.36. The number of carbonyl (C=O) groups is 2. The normalized spacial score (nSPS) is 16.2. The maximum Gasteiger partial charge on any atom is 0.247 e. The van der Waals surface area contributed by atoms with Gasteiger partial charge in [-0.05, 0) is 29.3 Å². The molecular formula is C20H20F2N2O3. The van der Waals surface area contributed by atoms with Crippen LogP contribution in [0.3, 0.4) is 0 Å². The van der Waals surface area contributed by atoms with Crippen molar-refractivity contribution in [3.05, 3.63) is 70.8 Å². The minimum atomic E-state index is -0.839. The van der Waals surface area contributed by atoms with E-state index in [-0.39, 0.29) is 37.6 Å². The summed E-state index contributed by atoms with van der Waals surface area (Å²) >= 11 is 0. The number of methoxy groups -OCH3 is 1. The largest absolute Gasteiger partial charge is 0.383 e. The Morgan fingerprint density at radius 1 is 1.26 bits per heavy atom. The molecule has 0 radical (unpaired) electrons. The van der Waals surface area contributed by atoms with Crippen molar-refractivity contribution < 1.29 is 23.1 Å². The number of benzene rings is 2. The summed E-state index contributed by atoms with van der Waals surface area (Å²) in [5.74, 6) is -1.81. The first-order valence-corrected chi connectivity index (χ1v) is 8.59. The van der Waals surface area contributed by atoms with Gasteiger partial charge in [0.25, 0.3) is 0 Å². The molecule has 1 aliphatic heterocycles. The lowest BCUT2D eigenvalue weighted by Crippen LogP contribution is -2.48. The molecule has 1 N–H and O–H groups in total. The highest BCUT2D eigenvalue weighted by Gasteiger charge is 2.36. The van der Waals surface area contributed by atoms with E-state index in [1.807, 2.05) is 12.1 Å². The molecule has 2 aromatic carbocycles. The van der Waals surface area contributed by atoms with E-state index in [1.165, 1.54) is 12.0 Å². The van der Waals surface area contributed by atoms with Gasteiger partial charge in [0.15, 0.2) is 0 Å². The predicted octanol–water partition coefficient (Wildman–Crippen LogP) is 2.35. The lowest BCUT2D eigenvalue weighted by atomic mass is 9.91. The number of halogens is 2. The average molecular weight is 374 g/mol. The average Bonchev–Trinajstić information content (AvgIpc) is 2.66. The lowest BCUT2D eigenvalue weighted by molar-refractivity contribution is -0.142. The molecule has 1 aliphatic rings. The second-order valence-corrected chi connectivity index (χ2v) is 6.31. The topological polar surface area (TPSA) is 58.6 Å². The monoisotopic (exact) mass is 374 g/mol. The van der Waals surface area contributed by atoms with E-state index in [9.17, 15) is 18.4 Å². The number of carbonyl (C=O) groups excluding carboxylic acids is 2. The van der Waals surface area contributed by atoms with Crippen LogP contribution in [0, 0.1) is 11.6 Å². The molecule has 27 heavy (non-hydrogen) atoms. The maximum atomic E-state index is 13.8. The van der Waals surface area contributed by atoms with Crippen LogP contribution in [0.4, 0.5) is 8.78 Å². The standard InChI is InChI=1S/C20H20F2N2O3/c1-27-9-8-24-18(25)11-13-4-2-3-5-16(13)19(24)20(26)23-12-14-10-15(21)6-7-17(14)22/h2-7,10,19H,8-9,11-12H2,1H3,(H,23,26)/t19-/m1/s1. The van der Waals surface area contributed by atoms with Gasteiger partial charge in [-0.3, -0.25) is 9.59 Å². The Hall–Kier alpha value is -2.80. The zero-order valence-corrected chi connectivity index (χ0v) is 14.9. The summed E-state index contributed by atoms with van der Waals surface area (Å²) in [5, 5.41) is 2.62. The number of amides is 2. The molecule has 2 amide bonds. The van der Waals surface area contributed by atoms with Crippen LogP contribution in [0.1, 0.15) is 22.7 Å². The third-order valence-electron chi connectivity index (χ3n) is 4.57. The molecule has 0 fully saturated rings. The van der Waals surface area contributed by atoms with Crippen molar-refractivity contribution in [1.82, 2.24) is 10.2 Å². The first-order valence-electron chi connectivity index (χ1n) is 8.59. The highest BCUT2D eigenvalue weighted by atomic mass is 19.1. The van der Waals surface area contributed by atoms with Gasteiger partial charge in [-0.1, -0.05) is 24.3 Å². The number of fused-ring (bicyclic) bond motifs is 1. The van der Waals surface area contributed by atoms with Crippen LogP contribution in [0.25, 0.3) is 0 Å². The fourth-order valence-corrected chi connectivity index (χ4v) is 3.22. The number of nitrogens with zero attached hydrogens (tertiary/aromatic N) is 1. The maximum absolute atomic E-state index is 13.8. The van der Waals surface area contributed by atoms with Crippen LogP contribution >= 0.6 is 0 Å². The molecule has 0 aromatic heterocycles. The number of hydrogen-bond acceptors (Lipinski definition) is 3. The van der Waals surface area contributed by atoms with E-state index in [0.717, 1.165) is 29.3 Å². The van der Waals surface area contributed by atoms with Crippen LogP contribution < -0.4 is 5.32 Å². The summed E-state index contributed by atoms with van der Waals surface area (Å²) in [5.41, 5.74) is 1.56. The molecule has 0 unspecified atom stereocenters. The number of ether oxygens (including phenoxy) is 1. The van der Waals surface area contributed by atoms with E-state index >= 15 is 0 Å². The molecule has 5 nitrogen and oxygen atoms in total. The SMILES string of the molecule is COCCN1C(=O)Cc2ccccc2[C@@H]1C(=O)NCc1cc(F)ccc1F. The van der Waals surface area contributed by atoms with Gasteiger partial charge in [-0.2, -0.15) is 0 Å². The van der Waals surface area contributed by atoms with Crippen molar-refractivity contribution in [2.75, 3.05) is 20.3 Å². The zero-order valence-electron chi connectivity index (χ0n) is 14.9. The van der Waals surface area contributed by atoms with Crippen LogP contribution in [-0.4, -0.2) is 37.0 Å². The van der Waals surface area contributed by atoms with Gasteiger partial charge < -0.3 is 15.0 Å². The van der Waals surface area contributed by atoms with Gasteiger partial charge in [-0.25, -0.2) is 8.78 Å². The minimum Gasteiger partial charge on any atom is -0.383 e. The molecule has 142 valence electrons. The Kier molecular flexibility index (Phi) is 5.81. The molecule has 2 aromatic rings. The summed E-state index contributed by atoms with van der Waals surface area (Å²) in [6, 6.07) is 9.46. The van der Waals surface area contributed by atoms with Gasteiger partial charge in [0.05, 0.1) is 13.0 Å². The second kappa shape index (κ2) is 8.26. The first-order chi connectivity index (χ1) is 13.0. The quantitative estimate of drug-likeness (QED) is 0.845. The molecule has 0 saturated heterocycles. The minimum absolute atomic E-state index is 0.0437. The Bertz CT molecular complexity index is 857. The Labute approximate surface area is 155 Å². The molecule has 0 saturated carbocycles. The molecule has 7 heteroatoms. The van der Waals surface area contributed by atoms with Crippen molar-refractivity contribution in [3.8, 4) is 0 Å². The zero-order chi connectivity index (χ0) is 19.4. The summed E-state index contributed by atoms with van der Waals surface area (Å²) in [4.78, 5) is 26.9. The van der Waals surface area contributed by atoms with Gasteiger partial charge in [-0.15, -0.1) is 0 Å². The molecule has 0 aliphatic carbocycles. The molecule has 0 spiro atoms. The highest BCUT2D eigenvalue weighted by Crippen LogP contribution is 2.30. The second-order valence-electron chi connectivity index (χ2n) is 6.31. The van der Waals surface area contributed by atoms with Crippen molar-refractivity contribution >= 4 is 11.8 Å². The Morgan fingerprint density at radius 3 is 2.81 bits per heavy atom. The van der Waals surface area contributed by atoms with Crippen LogP contribution in [-0.2, 0) is 27.3 Å². The van der Waals surface area contributed by atoms with E-state index < -0.39 is 23.6 Å². The fraction of sp³-hybridized carbons (Fsp3) is 0.300. The van der Waals surface area contributed by atoms with E-state index in [2.05, 4.69) is 5.32 Å². The third-order valence-corrected chi connectivity index (χ3v) is 4.57. The Morgan fingerprint density at radius 2 is 2.04 bits per heavy atom. The van der Waals surface area contributed by atoms with Gasteiger partial charge in [0, 0.05) is 25.8 Å². The van der Waals surface area contributed by atoms with Gasteiger partial charge in [0.1, 0.15) is 17.7 Å². The summed E-state index contributed by atoms with van der Waals surface area (Å²) < 4.78 is 32.2. The van der Waals surface area contributed by atoms with Crippen molar-refractivity contribution in [1.29, 1.82) is 0 Å². The van der Waals surface area contributed by atoms with Crippen molar-refractivity contribution in [2.45, 2.75) is 19.0 Å². The van der Waals surface area contributed by atoms with Gasteiger partial charge >= 0.3 is 0 Å². The van der Waals surface area contributed by atoms with E-state index in [1.54, 1.807) is 12.1 Å². The Balaban J connectivity index is 1.84. The molecular weight excluding hydrogens is 354 g/mol. The van der Waals surface area contributed by atoms with E-state index in [0.29, 0.717) is 0 Å². The van der Waals surface area contributed by atoms with Crippen molar-refractivity contribution in [3.63, 3.8) is 0 Å². The van der Waals surface area contributed by atoms with Crippen LogP contribution in [0.5, 0.6) is 0 Å². The van der Waals surface area contributed by atoms with Crippen molar-refractivity contribution in [2.24, 2.45) is 0 Å². The summed E-state index contributed by atoms with van der Waals surface area (Å²) in [6.07, 6.45) is 0.211. The molecule has 3 rings (SSSR count).